The summed E-state index contributed by atoms with van der Waals surface area (Å²) in [5, 5.41) is 0. The highest BCUT2D eigenvalue weighted by atomic mass is 79.9. The van der Waals surface area contributed by atoms with Crippen molar-refractivity contribution < 1.29 is 0 Å². The third-order valence-corrected chi connectivity index (χ3v) is 0.867. The van der Waals surface area contributed by atoms with Gasteiger partial charge < -0.3 is 0 Å². The van der Waals surface area contributed by atoms with Crippen LogP contribution in [-0.2, 0) is 0 Å². The number of hydrogen-bond donors (Lipinski definition) is 0. The molecule has 0 aliphatic carbocycles. The summed E-state index contributed by atoms with van der Waals surface area (Å²) in [5.41, 5.74) is 0. The summed E-state index contributed by atoms with van der Waals surface area (Å²) in [6.45, 7) is 0. The maximum atomic E-state index is 3.10. The standard InChI is InChI=1S/C4H4Br2/c5-3-1-2-4-6/h1-4H/b3-1-,4-2+. The molecule has 0 rings (SSSR count). The minimum atomic E-state index is 1.78. The molecule has 0 saturated heterocycles. The van der Waals surface area contributed by atoms with Gasteiger partial charge >= 0.3 is 0 Å². The molecule has 34 valence electrons. The Morgan fingerprint density at radius 3 is 1.33 bits per heavy atom. The Balaban J connectivity index is 3.07. The summed E-state index contributed by atoms with van der Waals surface area (Å²) in [5.74, 6) is 0. The molecule has 0 nitrogen and oxygen atoms in total. The van der Waals surface area contributed by atoms with E-state index in [1.807, 2.05) is 12.2 Å². The maximum absolute atomic E-state index is 3.10. The summed E-state index contributed by atoms with van der Waals surface area (Å²) in [6, 6.07) is 0. The van der Waals surface area contributed by atoms with Gasteiger partial charge in [0.2, 0.25) is 0 Å². The average Bonchev–Trinajstić information content (AvgIpc) is 1.61. The summed E-state index contributed by atoms with van der Waals surface area (Å²) < 4.78 is 0. The average molecular weight is 212 g/mol. The van der Waals surface area contributed by atoms with Gasteiger partial charge in [0.1, 0.15) is 0 Å². The Hall–Kier alpha value is 0.440. The summed E-state index contributed by atoms with van der Waals surface area (Å²) in [4.78, 5) is 3.56. The fourth-order valence-electron chi connectivity index (χ4n) is 0.0840. The molecule has 0 fully saturated rings. The van der Waals surface area contributed by atoms with Crippen molar-refractivity contribution in [1.82, 2.24) is 0 Å². The minimum absolute atomic E-state index is 1.78. The van der Waals surface area contributed by atoms with E-state index in [2.05, 4.69) is 31.9 Å². The van der Waals surface area contributed by atoms with E-state index >= 15 is 0 Å². The van der Waals surface area contributed by atoms with E-state index in [0.717, 1.165) is 0 Å². The monoisotopic (exact) mass is 210 g/mol. The van der Waals surface area contributed by atoms with Crippen molar-refractivity contribution in [2.75, 3.05) is 0 Å². The van der Waals surface area contributed by atoms with E-state index in [4.69, 9.17) is 0 Å². The van der Waals surface area contributed by atoms with Gasteiger partial charge in [-0.1, -0.05) is 44.0 Å². The zero-order valence-corrected chi connectivity index (χ0v) is 6.24. The van der Waals surface area contributed by atoms with E-state index in [9.17, 15) is 0 Å². The van der Waals surface area contributed by atoms with Gasteiger partial charge in [-0.3, -0.25) is 0 Å². The molecule has 6 heavy (non-hydrogen) atoms. The second kappa shape index (κ2) is 5.44. The van der Waals surface area contributed by atoms with Gasteiger partial charge in [-0.2, -0.15) is 0 Å². The first-order chi connectivity index (χ1) is 2.91. The van der Waals surface area contributed by atoms with Crippen LogP contribution in [0.25, 0.3) is 0 Å². The second-order valence-corrected chi connectivity index (χ2v) is 1.69. The van der Waals surface area contributed by atoms with Crippen LogP contribution in [0.4, 0.5) is 0 Å². The van der Waals surface area contributed by atoms with Crippen molar-refractivity contribution in [3.8, 4) is 0 Å². The first-order valence-corrected chi connectivity index (χ1v) is 3.27. The molecule has 0 aliphatic rings. The highest BCUT2D eigenvalue weighted by Crippen LogP contribution is 1.86. The fourth-order valence-corrected chi connectivity index (χ4v) is 0.436. The lowest BCUT2D eigenvalue weighted by molar-refractivity contribution is 2.11. The van der Waals surface area contributed by atoms with E-state index in [1.54, 1.807) is 9.97 Å². The predicted molar refractivity (Wildman–Crippen MR) is 36.1 cm³/mol. The third-order valence-electron chi connectivity index (χ3n) is 0.257. The van der Waals surface area contributed by atoms with Gasteiger partial charge in [0.25, 0.3) is 0 Å². The fraction of sp³-hybridized carbons (Fsp3) is 0. The first kappa shape index (κ1) is 6.44. The molecule has 0 N–H and O–H groups in total. The lowest BCUT2D eigenvalue weighted by atomic mass is 10.6. The largest absolute Gasteiger partial charge is 0.0595 e. The van der Waals surface area contributed by atoms with Gasteiger partial charge in [0, 0.05) is 0 Å². The SMILES string of the molecule is Br/C=C\C=C\Br. The van der Waals surface area contributed by atoms with Crippen molar-refractivity contribution in [2.24, 2.45) is 0 Å². The molecular weight excluding hydrogens is 208 g/mol. The number of rotatable bonds is 1. The lowest BCUT2D eigenvalue weighted by Crippen LogP contribution is -1.33. The smallest absolute Gasteiger partial charge is 0.0189 e. The van der Waals surface area contributed by atoms with Crippen LogP contribution in [0.2, 0.25) is 0 Å². The van der Waals surface area contributed by atoms with Crippen LogP contribution in [0.3, 0.4) is 0 Å². The molecule has 0 bridgehead atoms. The van der Waals surface area contributed by atoms with Crippen LogP contribution in [0.15, 0.2) is 22.1 Å². The van der Waals surface area contributed by atoms with Crippen molar-refractivity contribution in [1.29, 1.82) is 0 Å². The number of allylic oxidation sites excluding steroid dienone is 2. The predicted octanol–water partition coefficient (Wildman–Crippen LogP) is 2.80. The number of hydrogen-bond acceptors (Lipinski definition) is 0. The molecular formula is C4H4Br2. The topological polar surface area (TPSA) is 0 Å². The first-order valence-electron chi connectivity index (χ1n) is 1.44. The zero-order valence-electron chi connectivity index (χ0n) is 3.07. The van der Waals surface area contributed by atoms with E-state index in [1.165, 1.54) is 0 Å². The molecule has 2 heteroatoms. The maximum Gasteiger partial charge on any atom is -0.0189 e. The number of halogens is 2. The van der Waals surface area contributed by atoms with E-state index in [0.29, 0.717) is 0 Å². The van der Waals surface area contributed by atoms with Crippen LogP contribution < -0.4 is 0 Å². The Kier molecular flexibility index (Phi) is 5.84. The van der Waals surface area contributed by atoms with Gasteiger partial charge in [-0.15, -0.1) is 0 Å². The van der Waals surface area contributed by atoms with Crippen LogP contribution >= 0.6 is 31.9 Å². The van der Waals surface area contributed by atoms with Crippen molar-refractivity contribution in [2.45, 2.75) is 0 Å². The zero-order chi connectivity index (χ0) is 4.83. The molecule has 0 aromatic heterocycles. The van der Waals surface area contributed by atoms with Gasteiger partial charge in [0.15, 0.2) is 0 Å². The molecule has 0 radical (unpaired) electrons. The van der Waals surface area contributed by atoms with Gasteiger partial charge in [-0.25, -0.2) is 0 Å². The molecule has 0 spiro atoms. The third kappa shape index (κ3) is 4.44. The highest BCUT2D eigenvalue weighted by molar-refractivity contribution is 9.11. The quantitative estimate of drug-likeness (QED) is 0.586. The van der Waals surface area contributed by atoms with Crippen LogP contribution in [0.5, 0.6) is 0 Å². The van der Waals surface area contributed by atoms with Crippen LogP contribution in [-0.4, -0.2) is 0 Å². The van der Waals surface area contributed by atoms with Crippen LogP contribution in [0, 0.1) is 0 Å². The Morgan fingerprint density at radius 1 is 0.833 bits per heavy atom. The minimum Gasteiger partial charge on any atom is -0.0595 e. The normalized spacial score (nSPS) is 11.7. The summed E-state index contributed by atoms with van der Waals surface area (Å²) in [6.07, 6.45) is 3.74. The van der Waals surface area contributed by atoms with Gasteiger partial charge in [0.05, 0.1) is 0 Å². The second-order valence-electron chi connectivity index (χ2n) is 0.637. The molecule has 0 aromatic rings. The molecule has 0 saturated carbocycles. The molecule has 0 aliphatic heterocycles. The van der Waals surface area contributed by atoms with E-state index in [-0.39, 0.29) is 0 Å². The summed E-state index contributed by atoms with van der Waals surface area (Å²) in [7, 11) is 0. The van der Waals surface area contributed by atoms with Gasteiger partial charge in [-0.05, 0) is 9.97 Å². The van der Waals surface area contributed by atoms with Crippen LogP contribution in [0.1, 0.15) is 0 Å². The molecule has 0 aromatic carbocycles. The molecule has 0 atom stereocenters. The Bertz CT molecular complexity index is 53.9. The molecule has 0 unspecified atom stereocenters. The molecule has 0 heterocycles. The molecule has 0 amide bonds. The van der Waals surface area contributed by atoms with E-state index < -0.39 is 0 Å². The summed E-state index contributed by atoms with van der Waals surface area (Å²) >= 11 is 6.20. The lowest BCUT2D eigenvalue weighted by Gasteiger charge is -1.59. The van der Waals surface area contributed by atoms with Crippen molar-refractivity contribution >= 4 is 31.9 Å². The highest BCUT2D eigenvalue weighted by Gasteiger charge is 1.51. The Labute approximate surface area is 54.2 Å². The van der Waals surface area contributed by atoms with Crippen molar-refractivity contribution in [3.05, 3.63) is 22.1 Å². The Morgan fingerprint density at radius 2 is 1.17 bits per heavy atom. The van der Waals surface area contributed by atoms with Crippen molar-refractivity contribution in [3.63, 3.8) is 0 Å².